The van der Waals surface area contributed by atoms with Crippen molar-refractivity contribution in [1.29, 1.82) is 0 Å². The molecule has 0 bridgehead atoms. The van der Waals surface area contributed by atoms with Crippen molar-refractivity contribution in [3.05, 3.63) is 59.7 Å². The Morgan fingerprint density at radius 3 is 2.39 bits per heavy atom. The Morgan fingerprint density at radius 1 is 1.00 bits per heavy atom. The second kappa shape index (κ2) is 11.4. The lowest BCUT2D eigenvalue weighted by molar-refractivity contribution is -0.127. The molecular weight excluding hydrogens is 350 g/mol. The number of para-hydroxylation sites is 2. The van der Waals surface area contributed by atoms with E-state index in [4.69, 9.17) is 9.47 Å². The van der Waals surface area contributed by atoms with Gasteiger partial charge in [0.2, 0.25) is 0 Å². The smallest absolute Gasteiger partial charge is 0.260 e. The Bertz CT molecular complexity index is 742. The van der Waals surface area contributed by atoms with E-state index in [0.29, 0.717) is 12.5 Å². The third-order valence-electron chi connectivity index (χ3n) is 4.57. The summed E-state index contributed by atoms with van der Waals surface area (Å²) in [6.45, 7) is 9.46. The molecule has 28 heavy (non-hydrogen) atoms. The van der Waals surface area contributed by atoms with Crippen LogP contribution in [0.5, 0.6) is 11.5 Å². The first kappa shape index (κ1) is 21.8. The van der Waals surface area contributed by atoms with Gasteiger partial charge in [-0.05, 0) is 55.4 Å². The Morgan fingerprint density at radius 2 is 1.68 bits per heavy atom. The van der Waals surface area contributed by atoms with Gasteiger partial charge in [-0.1, -0.05) is 57.2 Å². The van der Waals surface area contributed by atoms with Crippen LogP contribution < -0.4 is 14.8 Å². The van der Waals surface area contributed by atoms with Crippen LogP contribution in [0.2, 0.25) is 0 Å². The van der Waals surface area contributed by atoms with E-state index in [1.807, 2.05) is 42.5 Å². The van der Waals surface area contributed by atoms with Crippen molar-refractivity contribution in [2.45, 2.75) is 59.0 Å². The largest absolute Gasteiger partial charge is 0.493 e. The molecule has 0 spiro atoms. The fourth-order valence-corrected chi connectivity index (χ4v) is 3.01. The van der Waals surface area contributed by atoms with Crippen LogP contribution in [0.4, 0.5) is 0 Å². The first-order valence-corrected chi connectivity index (χ1v) is 10.3. The zero-order valence-electron chi connectivity index (χ0n) is 17.5. The van der Waals surface area contributed by atoms with Crippen LogP contribution in [-0.4, -0.2) is 25.2 Å². The van der Waals surface area contributed by atoms with Crippen LogP contribution in [0, 0.1) is 0 Å². The highest BCUT2D eigenvalue weighted by Crippen LogP contribution is 2.26. The van der Waals surface area contributed by atoms with Crippen molar-refractivity contribution in [3.63, 3.8) is 0 Å². The molecule has 2 rings (SSSR count). The van der Waals surface area contributed by atoms with Gasteiger partial charge in [-0.3, -0.25) is 4.79 Å². The first-order chi connectivity index (χ1) is 13.5. The molecule has 1 atom stereocenters. The molecule has 0 aromatic heterocycles. The van der Waals surface area contributed by atoms with E-state index in [2.05, 4.69) is 32.2 Å². The maximum Gasteiger partial charge on any atom is 0.260 e. The number of carbonyl (C=O) groups excluding carboxylic acids is 1. The zero-order valence-corrected chi connectivity index (χ0v) is 17.5. The average molecular weight is 384 g/mol. The minimum absolute atomic E-state index is 0.0888. The van der Waals surface area contributed by atoms with Crippen LogP contribution in [0.3, 0.4) is 0 Å². The summed E-state index contributed by atoms with van der Waals surface area (Å²) < 4.78 is 11.7. The topological polar surface area (TPSA) is 47.6 Å². The molecule has 0 heterocycles. The zero-order chi connectivity index (χ0) is 20.4. The summed E-state index contributed by atoms with van der Waals surface area (Å²) in [7, 11) is 0. The molecule has 0 aliphatic heterocycles. The van der Waals surface area contributed by atoms with Gasteiger partial charge in [0.05, 0.1) is 6.61 Å². The third-order valence-corrected chi connectivity index (χ3v) is 4.57. The van der Waals surface area contributed by atoms with Crippen molar-refractivity contribution >= 4 is 5.91 Å². The highest BCUT2D eigenvalue weighted by Gasteiger charge is 2.16. The molecule has 152 valence electrons. The van der Waals surface area contributed by atoms with E-state index < -0.39 is 6.10 Å². The molecule has 0 saturated heterocycles. The minimum Gasteiger partial charge on any atom is -0.493 e. The van der Waals surface area contributed by atoms with E-state index in [1.54, 1.807) is 6.92 Å². The molecule has 0 fully saturated rings. The number of hydrogen-bond donors (Lipinski definition) is 1. The van der Waals surface area contributed by atoms with Gasteiger partial charge < -0.3 is 14.8 Å². The number of amides is 1. The number of rotatable bonds is 11. The van der Waals surface area contributed by atoms with E-state index in [1.165, 1.54) is 5.56 Å². The molecule has 0 radical (unpaired) electrons. The van der Waals surface area contributed by atoms with Gasteiger partial charge in [0.25, 0.3) is 5.91 Å². The summed E-state index contributed by atoms with van der Waals surface area (Å²) in [5.74, 6) is 1.98. The molecule has 4 nitrogen and oxygen atoms in total. The quantitative estimate of drug-likeness (QED) is 0.548. The SMILES string of the molecule is CCCOc1ccccc1CCCNC(=O)C(C)Oc1ccccc1C(C)C. The molecule has 0 aliphatic rings. The Kier molecular flexibility index (Phi) is 8.86. The molecule has 0 saturated carbocycles. The summed E-state index contributed by atoms with van der Waals surface area (Å²) in [5.41, 5.74) is 2.30. The van der Waals surface area contributed by atoms with Crippen LogP contribution in [0.15, 0.2) is 48.5 Å². The molecule has 0 aliphatic carbocycles. The molecule has 1 amide bonds. The lowest BCUT2D eigenvalue weighted by Crippen LogP contribution is -2.37. The van der Waals surface area contributed by atoms with Gasteiger partial charge in [0.15, 0.2) is 6.10 Å². The van der Waals surface area contributed by atoms with Crippen LogP contribution >= 0.6 is 0 Å². The van der Waals surface area contributed by atoms with Crippen LogP contribution in [0.1, 0.15) is 57.6 Å². The second-order valence-electron chi connectivity index (χ2n) is 7.30. The maximum absolute atomic E-state index is 12.4. The molecule has 1 N–H and O–H groups in total. The van der Waals surface area contributed by atoms with E-state index in [0.717, 1.165) is 42.9 Å². The van der Waals surface area contributed by atoms with Gasteiger partial charge in [-0.25, -0.2) is 0 Å². The molecule has 1 unspecified atom stereocenters. The van der Waals surface area contributed by atoms with Crippen molar-refractivity contribution in [2.24, 2.45) is 0 Å². The summed E-state index contributed by atoms with van der Waals surface area (Å²) >= 11 is 0. The Hall–Kier alpha value is -2.49. The third kappa shape index (κ3) is 6.59. The van der Waals surface area contributed by atoms with E-state index >= 15 is 0 Å². The van der Waals surface area contributed by atoms with Gasteiger partial charge in [-0.2, -0.15) is 0 Å². The highest BCUT2D eigenvalue weighted by atomic mass is 16.5. The van der Waals surface area contributed by atoms with Crippen molar-refractivity contribution in [2.75, 3.05) is 13.2 Å². The summed E-state index contributed by atoms with van der Waals surface area (Å²) in [6, 6.07) is 16.0. The maximum atomic E-state index is 12.4. The predicted octanol–water partition coefficient (Wildman–Crippen LogP) is 5.12. The lowest BCUT2D eigenvalue weighted by Gasteiger charge is -2.18. The summed E-state index contributed by atoms with van der Waals surface area (Å²) in [5, 5.41) is 2.98. The number of aryl methyl sites for hydroxylation is 1. The van der Waals surface area contributed by atoms with Gasteiger partial charge in [0.1, 0.15) is 11.5 Å². The summed E-state index contributed by atoms with van der Waals surface area (Å²) in [4.78, 5) is 12.4. The standard InChI is InChI=1S/C24H33NO3/c1-5-17-27-22-14-8-6-11-20(22)12-10-16-25-24(26)19(4)28-23-15-9-7-13-21(23)18(2)3/h6-9,11,13-15,18-19H,5,10,12,16-17H2,1-4H3,(H,25,26). The lowest BCUT2D eigenvalue weighted by atomic mass is 10.0. The Balaban J connectivity index is 1.80. The monoisotopic (exact) mass is 383 g/mol. The Labute approximate surface area is 169 Å². The van der Waals surface area contributed by atoms with Gasteiger partial charge in [0, 0.05) is 6.54 Å². The molecule has 2 aromatic rings. The molecular formula is C24H33NO3. The average Bonchev–Trinajstić information content (AvgIpc) is 2.70. The molecule has 2 aromatic carbocycles. The predicted molar refractivity (Wildman–Crippen MR) is 114 cm³/mol. The van der Waals surface area contributed by atoms with E-state index in [-0.39, 0.29) is 5.91 Å². The van der Waals surface area contributed by atoms with Crippen LogP contribution in [0.25, 0.3) is 0 Å². The van der Waals surface area contributed by atoms with Crippen molar-refractivity contribution in [1.82, 2.24) is 5.32 Å². The first-order valence-electron chi connectivity index (χ1n) is 10.3. The van der Waals surface area contributed by atoms with Crippen molar-refractivity contribution in [3.8, 4) is 11.5 Å². The minimum atomic E-state index is -0.528. The second-order valence-corrected chi connectivity index (χ2v) is 7.30. The number of hydrogen-bond acceptors (Lipinski definition) is 3. The number of benzene rings is 2. The molecule has 4 heteroatoms. The fourth-order valence-electron chi connectivity index (χ4n) is 3.01. The number of carbonyl (C=O) groups is 1. The van der Waals surface area contributed by atoms with Crippen molar-refractivity contribution < 1.29 is 14.3 Å². The van der Waals surface area contributed by atoms with Gasteiger partial charge >= 0.3 is 0 Å². The normalized spacial score (nSPS) is 11.9. The number of ether oxygens (including phenoxy) is 2. The number of nitrogens with one attached hydrogen (secondary N) is 1. The summed E-state index contributed by atoms with van der Waals surface area (Å²) in [6.07, 6.45) is 2.18. The van der Waals surface area contributed by atoms with Gasteiger partial charge in [-0.15, -0.1) is 0 Å². The highest BCUT2D eigenvalue weighted by molar-refractivity contribution is 5.80. The van der Waals surface area contributed by atoms with Crippen LogP contribution in [-0.2, 0) is 11.2 Å². The fraction of sp³-hybridized carbons (Fsp3) is 0.458. The van der Waals surface area contributed by atoms with E-state index in [9.17, 15) is 4.79 Å².